The molecule has 2 aromatic carbocycles. The first kappa shape index (κ1) is 15.1. The highest BCUT2D eigenvalue weighted by Gasteiger charge is 2.12. The van der Waals surface area contributed by atoms with Crippen molar-refractivity contribution < 1.29 is 13.9 Å². The summed E-state index contributed by atoms with van der Waals surface area (Å²) in [6.45, 7) is -0.257. The van der Waals surface area contributed by atoms with Crippen LogP contribution in [0.4, 0.5) is 4.39 Å². The fourth-order valence-electron chi connectivity index (χ4n) is 1.53. The molecule has 0 radical (unpaired) electrons. The molecule has 0 amide bonds. The van der Waals surface area contributed by atoms with Gasteiger partial charge < -0.3 is 4.74 Å². The molecule has 0 saturated heterocycles. The molecule has 0 aliphatic rings. The highest BCUT2D eigenvalue weighted by Crippen LogP contribution is 2.26. The van der Waals surface area contributed by atoms with Gasteiger partial charge in [0.1, 0.15) is 11.6 Å². The van der Waals surface area contributed by atoms with Crippen molar-refractivity contribution in [2.24, 2.45) is 0 Å². The van der Waals surface area contributed by atoms with Crippen molar-refractivity contribution in [2.75, 3.05) is 6.61 Å². The fraction of sp³-hybridized carbons (Fsp3) is 0.0714. The average molecular weight is 334 g/mol. The molecule has 0 fully saturated rings. The van der Waals surface area contributed by atoms with E-state index in [-0.39, 0.29) is 28.2 Å². The Hall–Kier alpha value is -1.29. The first-order valence-corrected chi connectivity index (χ1v) is 6.67. The average Bonchev–Trinajstić information content (AvgIpc) is 2.37. The minimum atomic E-state index is -0.477. The van der Waals surface area contributed by atoms with Gasteiger partial charge in [-0.05, 0) is 36.4 Å². The molecule has 0 bridgehead atoms. The van der Waals surface area contributed by atoms with Crippen LogP contribution in [0.1, 0.15) is 10.4 Å². The van der Waals surface area contributed by atoms with E-state index in [9.17, 15) is 9.18 Å². The van der Waals surface area contributed by atoms with Crippen LogP contribution in [-0.4, -0.2) is 12.4 Å². The van der Waals surface area contributed by atoms with Gasteiger partial charge in [0.15, 0.2) is 6.61 Å². The Morgan fingerprint density at radius 2 is 1.80 bits per heavy atom. The van der Waals surface area contributed by atoms with Crippen LogP contribution < -0.4 is 4.74 Å². The zero-order chi connectivity index (χ0) is 14.7. The van der Waals surface area contributed by atoms with Gasteiger partial charge in [-0.1, -0.05) is 34.8 Å². The lowest BCUT2D eigenvalue weighted by Gasteiger charge is -2.08. The Labute approximate surface area is 130 Å². The summed E-state index contributed by atoms with van der Waals surface area (Å²) in [6, 6.07) is 8.21. The summed E-state index contributed by atoms with van der Waals surface area (Å²) in [4.78, 5) is 12.0. The summed E-state index contributed by atoms with van der Waals surface area (Å²) in [7, 11) is 0. The molecule has 20 heavy (non-hydrogen) atoms. The Morgan fingerprint density at radius 1 is 1.05 bits per heavy atom. The third kappa shape index (κ3) is 3.63. The topological polar surface area (TPSA) is 26.3 Å². The van der Waals surface area contributed by atoms with Crippen molar-refractivity contribution in [1.29, 1.82) is 0 Å². The first-order valence-electron chi connectivity index (χ1n) is 5.53. The molecular formula is C14H8Cl3FO2. The highest BCUT2D eigenvalue weighted by molar-refractivity contribution is 6.36. The van der Waals surface area contributed by atoms with Crippen molar-refractivity contribution in [3.63, 3.8) is 0 Å². The lowest BCUT2D eigenvalue weighted by molar-refractivity contribution is 0.0922. The van der Waals surface area contributed by atoms with Crippen LogP contribution in [0.15, 0.2) is 36.4 Å². The summed E-state index contributed by atoms with van der Waals surface area (Å²) in [5, 5.41) is 0.783. The van der Waals surface area contributed by atoms with E-state index in [1.165, 1.54) is 24.3 Å². The van der Waals surface area contributed by atoms with Gasteiger partial charge in [0, 0.05) is 10.6 Å². The summed E-state index contributed by atoms with van der Waals surface area (Å²) >= 11 is 17.5. The Balaban J connectivity index is 2.08. The molecule has 0 spiro atoms. The summed E-state index contributed by atoms with van der Waals surface area (Å²) < 4.78 is 18.1. The number of Topliss-reactive ketones (excluding diaryl/α,β-unsaturated/α-hetero) is 1. The number of carbonyl (C=O) groups excluding carboxylic acids is 1. The number of ether oxygens (including phenoxy) is 1. The van der Waals surface area contributed by atoms with E-state index >= 15 is 0 Å². The van der Waals surface area contributed by atoms with E-state index in [1.807, 2.05) is 0 Å². The molecule has 0 unspecified atom stereocenters. The zero-order valence-corrected chi connectivity index (χ0v) is 12.3. The molecule has 104 valence electrons. The van der Waals surface area contributed by atoms with E-state index in [1.54, 1.807) is 6.07 Å². The van der Waals surface area contributed by atoms with Crippen molar-refractivity contribution in [2.45, 2.75) is 0 Å². The maximum absolute atomic E-state index is 12.9. The van der Waals surface area contributed by atoms with Crippen LogP contribution in [-0.2, 0) is 0 Å². The molecule has 0 atom stereocenters. The van der Waals surface area contributed by atoms with Gasteiger partial charge >= 0.3 is 0 Å². The van der Waals surface area contributed by atoms with Crippen LogP contribution in [0, 0.1) is 5.82 Å². The molecule has 0 aliphatic heterocycles. The molecule has 2 nitrogen and oxygen atoms in total. The number of benzene rings is 2. The second-order valence-corrected chi connectivity index (χ2v) is 5.16. The molecule has 0 saturated carbocycles. The van der Waals surface area contributed by atoms with Crippen molar-refractivity contribution in [1.82, 2.24) is 0 Å². The predicted molar refractivity (Wildman–Crippen MR) is 77.7 cm³/mol. The molecule has 2 rings (SSSR count). The summed E-state index contributed by atoms with van der Waals surface area (Å²) in [6.07, 6.45) is 0. The summed E-state index contributed by atoms with van der Waals surface area (Å²) in [5.41, 5.74) is 0.300. The van der Waals surface area contributed by atoms with Gasteiger partial charge in [-0.3, -0.25) is 4.79 Å². The number of rotatable bonds is 4. The second-order valence-electron chi connectivity index (χ2n) is 3.91. The zero-order valence-electron chi connectivity index (χ0n) is 10.00. The monoisotopic (exact) mass is 332 g/mol. The van der Waals surface area contributed by atoms with Gasteiger partial charge in [-0.2, -0.15) is 0 Å². The minimum Gasteiger partial charge on any atom is -0.484 e. The second kappa shape index (κ2) is 6.44. The lowest BCUT2D eigenvalue weighted by Crippen LogP contribution is -2.12. The van der Waals surface area contributed by atoms with Crippen molar-refractivity contribution in [3.8, 4) is 5.75 Å². The third-order valence-corrected chi connectivity index (χ3v) is 3.33. The third-order valence-electron chi connectivity index (χ3n) is 2.48. The van der Waals surface area contributed by atoms with Crippen molar-refractivity contribution >= 4 is 40.6 Å². The molecule has 0 N–H and O–H groups in total. The van der Waals surface area contributed by atoms with E-state index in [0.717, 1.165) is 6.07 Å². The Kier molecular flexibility index (Phi) is 4.86. The van der Waals surface area contributed by atoms with E-state index in [2.05, 4.69) is 0 Å². The van der Waals surface area contributed by atoms with Crippen LogP contribution in [0.2, 0.25) is 15.1 Å². The van der Waals surface area contributed by atoms with Gasteiger partial charge in [-0.15, -0.1) is 0 Å². The van der Waals surface area contributed by atoms with E-state index in [4.69, 9.17) is 39.5 Å². The van der Waals surface area contributed by atoms with Crippen LogP contribution in [0.5, 0.6) is 5.75 Å². The number of carbonyl (C=O) groups is 1. The molecule has 6 heteroatoms. The van der Waals surface area contributed by atoms with Gasteiger partial charge in [0.2, 0.25) is 5.78 Å². The first-order chi connectivity index (χ1) is 9.47. The van der Waals surface area contributed by atoms with Crippen LogP contribution >= 0.6 is 34.8 Å². The number of hydrogen-bond acceptors (Lipinski definition) is 2. The van der Waals surface area contributed by atoms with E-state index in [0.29, 0.717) is 10.6 Å². The molecule has 2 aromatic rings. The number of halogens is 4. The van der Waals surface area contributed by atoms with Gasteiger partial charge in [0.25, 0.3) is 0 Å². The van der Waals surface area contributed by atoms with Crippen LogP contribution in [0.3, 0.4) is 0 Å². The van der Waals surface area contributed by atoms with E-state index < -0.39 is 5.82 Å². The smallest absolute Gasteiger partial charge is 0.201 e. The summed E-state index contributed by atoms with van der Waals surface area (Å²) in [5.74, 6) is -0.576. The SMILES string of the molecule is O=C(COc1ccc(F)cc1Cl)c1ccc(Cl)cc1Cl. The lowest BCUT2D eigenvalue weighted by atomic mass is 10.1. The standard InChI is InChI=1S/C14H8Cl3FO2/c15-8-1-3-10(11(16)5-8)13(19)7-20-14-4-2-9(18)6-12(14)17/h1-6H,7H2. The Bertz CT molecular complexity index is 659. The van der Waals surface area contributed by atoms with Crippen molar-refractivity contribution in [3.05, 3.63) is 62.8 Å². The predicted octanol–water partition coefficient (Wildman–Crippen LogP) is 5.05. The quantitative estimate of drug-likeness (QED) is 0.732. The molecular weight excluding hydrogens is 326 g/mol. The molecule has 0 heterocycles. The number of ketones is 1. The molecule has 0 aromatic heterocycles. The number of hydrogen-bond donors (Lipinski definition) is 0. The molecule has 0 aliphatic carbocycles. The van der Waals surface area contributed by atoms with Gasteiger partial charge in [-0.25, -0.2) is 4.39 Å². The largest absolute Gasteiger partial charge is 0.484 e. The van der Waals surface area contributed by atoms with Crippen LogP contribution in [0.25, 0.3) is 0 Å². The maximum atomic E-state index is 12.9. The van der Waals surface area contributed by atoms with Gasteiger partial charge in [0.05, 0.1) is 10.0 Å². The normalized spacial score (nSPS) is 10.4. The Morgan fingerprint density at radius 3 is 2.45 bits per heavy atom. The maximum Gasteiger partial charge on any atom is 0.201 e. The highest BCUT2D eigenvalue weighted by atomic mass is 35.5. The fourth-order valence-corrected chi connectivity index (χ4v) is 2.26. The minimum absolute atomic E-state index is 0.0972.